The molecule has 0 spiro atoms. The van der Waals surface area contributed by atoms with Crippen molar-refractivity contribution < 1.29 is 18.3 Å². The molecule has 134 valence electrons. The Morgan fingerprint density at radius 3 is 2.75 bits per heavy atom. The van der Waals surface area contributed by atoms with Gasteiger partial charge in [0.1, 0.15) is 5.41 Å². The summed E-state index contributed by atoms with van der Waals surface area (Å²) in [7, 11) is 0. The Kier molecular flexibility index (Phi) is 6.69. The highest BCUT2D eigenvalue weighted by Crippen LogP contribution is 2.24. The van der Waals surface area contributed by atoms with E-state index >= 15 is 0 Å². The fraction of sp³-hybridized carbons (Fsp3) is 0.611. The van der Waals surface area contributed by atoms with Gasteiger partial charge in [-0.05, 0) is 25.8 Å². The number of carbonyl (C=O) groups excluding carboxylic acids is 1. The van der Waals surface area contributed by atoms with Crippen LogP contribution in [0.25, 0.3) is 0 Å². The van der Waals surface area contributed by atoms with Crippen molar-refractivity contribution in [1.82, 2.24) is 10.2 Å². The van der Waals surface area contributed by atoms with Crippen LogP contribution in [0.4, 0.5) is 8.78 Å². The van der Waals surface area contributed by atoms with Gasteiger partial charge in [-0.25, -0.2) is 8.78 Å². The van der Waals surface area contributed by atoms with Gasteiger partial charge in [-0.3, -0.25) is 9.69 Å². The fourth-order valence-corrected chi connectivity index (χ4v) is 2.61. The van der Waals surface area contributed by atoms with Crippen LogP contribution >= 0.6 is 0 Å². The van der Waals surface area contributed by atoms with E-state index in [0.29, 0.717) is 13.2 Å². The second-order valence-corrected chi connectivity index (χ2v) is 6.80. The molecule has 1 aliphatic heterocycles. The molecule has 1 aromatic carbocycles. The van der Waals surface area contributed by atoms with E-state index in [1.54, 1.807) is 0 Å². The molecule has 0 aliphatic carbocycles. The first kappa shape index (κ1) is 18.8. The number of benzene rings is 1. The van der Waals surface area contributed by atoms with E-state index < -0.39 is 17.7 Å². The van der Waals surface area contributed by atoms with Crippen molar-refractivity contribution in [2.45, 2.75) is 39.3 Å². The van der Waals surface area contributed by atoms with E-state index in [-0.39, 0.29) is 12.6 Å². The van der Waals surface area contributed by atoms with E-state index in [9.17, 15) is 13.6 Å². The lowest BCUT2D eigenvalue weighted by Gasteiger charge is -2.26. The molecule has 24 heavy (non-hydrogen) atoms. The van der Waals surface area contributed by atoms with Gasteiger partial charge in [-0.1, -0.05) is 30.3 Å². The molecule has 0 bridgehead atoms. The molecule has 1 atom stereocenters. The summed E-state index contributed by atoms with van der Waals surface area (Å²) in [5.41, 5.74) is -0.463. The summed E-state index contributed by atoms with van der Waals surface area (Å²) in [5, 5.41) is 2.62. The maximum Gasteiger partial charge on any atom is 0.252 e. The first-order chi connectivity index (χ1) is 11.4. The number of ether oxygens (including phenoxy) is 1. The third kappa shape index (κ3) is 5.24. The Morgan fingerprint density at radius 1 is 1.38 bits per heavy atom. The van der Waals surface area contributed by atoms with Crippen molar-refractivity contribution in [2.24, 2.45) is 5.41 Å². The van der Waals surface area contributed by atoms with E-state index in [2.05, 4.69) is 22.3 Å². The highest BCUT2D eigenvalue weighted by Gasteiger charge is 2.37. The molecule has 1 fully saturated rings. The maximum atomic E-state index is 12.9. The molecular weight excluding hydrogens is 314 g/mol. The molecule has 6 heteroatoms. The summed E-state index contributed by atoms with van der Waals surface area (Å²) in [6.07, 6.45) is -1.96. The predicted octanol–water partition coefficient (Wildman–Crippen LogP) is 2.69. The molecule has 1 heterocycles. The third-order valence-corrected chi connectivity index (χ3v) is 4.30. The van der Waals surface area contributed by atoms with Crippen molar-refractivity contribution in [3.8, 4) is 0 Å². The second-order valence-electron chi connectivity index (χ2n) is 6.80. The highest BCUT2D eigenvalue weighted by atomic mass is 19.3. The van der Waals surface area contributed by atoms with Crippen LogP contribution in [0.3, 0.4) is 0 Å². The molecule has 1 aromatic rings. The number of nitrogens with one attached hydrogen (secondary N) is 1. The summed E-state index contributed by atoms with van der Waals surface area (Å²) >= 11 is 0. The zero-order valence-electron chi connectivity index (χ0n) is 14.3. The highest BCUT2D eigenvalue weighted by molar-refractivity contribution is 5.82. The Labute approximate surface area is 142 Å². The first-order valence-electron chi connectivity index (χ1n) is 8.34. The number of nitrogens with zero attached hydrogens (tertiary/aromatic N) is 1. The zero-order valence-corrected chi connectivity index (χ0v) is 14.3. The minimum absolute atomic E-state index is 0.186. The quantitative estimate of drug-likeness (QED) is 0.866. The number of rotatable bonds is 6. The molecular formula is C18H26F2N2O2. The first-order valence-corrected chi connectivity index (χ1v) is 8.34. The number of halogens is 2. The van der Waals surface area contributed by atoms with Crippen LogP contribution in [0.1, 0.15) is 25.8 Å². The van der Waals surface area contributed by atoms with Gasteiger partial charge in [-0.15, -0.1) is 0 Å². The summed E-state index contributed by atoms with van der Waals surface area (Å²) < 4.78 is 31.5. The molecule has 2 rings (SSSR count). The average Bonchev–Trinajstić information content (AvgIpc) is 2.78. The standard InChI is InChI=1S/C18H26F2N2O2/c1-18(2,16(19)20)17(23)21-11-15-13-22(9-6-10-24-15)12-14-7-4-3-5-8-14/h3-5,7-8,15-16H,6,9-13H2,1-2H3,(H,21,23). The van der Waals surface area contributed by atoms with Crippen molar-refractivity contribution in [2.75, 3.05) is 26.2 Å². The molecule has 4 nitrogen and oxygen atoms in total. The van der Waals surface area contributed by atoms with Gasteiger partial charge in [0, 0.05) is 32.8 Å². The molecule has 1 unspecified atom stereocenters. The van der Waals surface area contributed by atoms with Gasteiger partial charge in [0.05, 0.1) is 6.10 Å². The lowest BCUT2D eigenvalue weighted by molar-refractivity contribution is -0.138. The van der Waals surface area contributed by atoms with Crippen molar-refractivity contribution in [3.05, 3.63) is 35.9 Å². The fourth-order valence-electron chi connectivity index (χ4n) is 2.61. The van der Waals surface area contributed by atoms with Gasteiger partial charge in [0.25, 0.3) is 6.43 Å². The zero-order chi connectivity index (χ0) is 17.6. The average molecular weight is 340 g/mol. The number of hydrogen-bond donors (Lipinski definition) is 1. The van der Waals surface area contributed by atoms with Gasteiger partial charge in [0.2, 0.25) is 5.91 Å². The van der Waals surface area contributed by atoms with Crippen LogP contribution in [-0.4, -0.2) is 49.6 Å². The summed E-state index contributed by atoms with van der Waals surface area (Å²) in [4.78, 5) is 14.2. The molecule has 0 radical (unpaired) electrons. The molecule has 1 saturated heterocycles. The largest absolute Gasteiger partial charge is 0.375 e. The topological polar surface area (TPSA) is 41.6 Å². The Balaban J connectivity index is 1.87. The smallest absolute Gasteiger partial charge is 0.252 e. The Hall–Kier alpha value is -1.53. The second kappa shape index (κ2) is 8.53. The van der Waals surface area contributed by atoms with Crippen LogP contribution in [0.15, 0.2) is 30.3 Å². The lowest BCUT2D eigenvalue weighted by Crippen LogP contribution is -2.46. The van der Waals surface area contributed by atoms with E-state index in [1.165, 1.54) is 19.4 Å². The summed E-state index contributed by atoms with van der Waals surface area (Å²) in [6.45, 7) is 5.78. The van der Waals surface area contributed by atoms with E-state index in [0.717, 1.165) is 19.5 Å². The van der Waals surface area contributed by atoms with E-state index in [4.69, 9.17) is 4.74 Å². The number of hydrogen-bond acceptors (Lipinski definition) is 3. The van der Waals surface area contributed by atoms with Gasteiger partial charge in [0.15, 0.2) is 0 Å². The maximum absolute atomic E-state index is 12.9. The van der Waals surface area contributed by atoms with Crippen molar-refractivity contribution in [3.63, 3.8) is 0 Å². The van der Waals surface area contributed by atoms with Crippen molar-refractivity contribution in [1.29, 1.82) is 0 Å². The summed E-state index contributed by atoms with van der Waals surface area (Å²) in [5.74, 6) is -0.639. The number of amides is 1. The normalized spacial score (nSPS) is 20.0. The van der Waals surface area contributed by atoms with Gasteiger partial charge in [-0.2, -0.15) is 0 Å². The van der Waals surface area contributed by atoms with E-state index in [1.807, 2.05) is 18.2 Å². The molecule has 1 amide bonds. The Morgan fingerprint density at radius 2 is 2.08 bits per heavy atom. The SMILES string of the molecule is CC(C)(C(=O)NCC1CN(Cc2ccccc2)CCCO1)C(F)F. The third-order valence-electron chi connectivity index (χ3n) is 4.30. The van der Waals surface area contributed by atoms with Crippen LogP contribution < -0.4 is 5.32 Å². The monoisotopic (exact) mass is 340 g/mol. The lowest BCUT2D eigenvalue weighted by atomic mass is 9.93. The predicted molar refractivity (Wildman–Crippen MR) is 88.9 cm³/mol. The number of alkyl halides is 2. The van der Waals surface area contributed by atoms with Crippen LogP contribution in [0.2, 0.25) is 0 Å². The van der Waals surface area contributed by atoms with Crippen molar-refractivity contribution >= 4 is 5.91 Å². The molecule has 0 saturated carbocycles. The molecule has 1 aliphatic rings. The minimum Gasteiger partial charge on any atom is -0.375 e. The molecule has 0 aromatic heterocycles. The van der Waals surface area contributed by atoms with Crippen LogP contribution in [0.5, 0.6) is 0 Å². The number of carbonyl (C=O) groups is 1. The molecule has 1 N–H and O–H groups in total. The van der Waals surface area contributed by atoms with Gasteiger partial charge >= 0.3 is 0 Å². The van der Waals surface area contributed by atoms with Crippen LogP contribution in [0, 0.1) is 5.41 Å². The minimum atomic E-state index is -2.69. The van der Waals surface area contributed by atoms with Crippen LogP contribution in [-0.2, 0) is 16.1 Å². The van der Waals surface area contributed by atoms with Gasteiger partial charge < -0.3 is 10.1 Å². The Bertz CT molecular complexity index is 523. The summed E-state index contributed by atoms with van der Waals surface area (Å²) in [6, 6.07) is 10.2.